The van der Waals surface area contributed by atoms with E-state index in [9.17, 15) is 22.8 Å². The quantitative estimate of drug-likeness (QED) is 0.878. The van der Waals surface area contributed by atoms with Gasteiger partial charge in [-0.3, -0.25) is 9.59 Å². The number of halogens is 3. The molecule has 4 nitrogen and oxygen atoms in total. The Morgan fingerprint density at radius 1 is 1.17 bits per heavy atom. The van der Waals surface area contributed by atoms with E-state index >= 15 is 0 Å². The third kappa shape index (κ3) is 4.47. The van der Waals surface area contributed by atoms with E-state index in [-0.39, 0.29) is 11.5 Å². The number of H-pyrrole nitrogens is 1. The van der Waals surface area contributed by atoms with Crippen LogP contribution in [-0.2, 0) is 6.18 Å². The molecule has 1 unspecified atom stereocenters. The molecule has 0 aliphatic rings. The molecule has 24 heavy (non-hydrogen) atoms. The van der Waals surface area contributed by atoms with Crippen LogP contribution in [0.25, 0.3) is 0 Å². The molecule has 2 N–H and O–H groups in total. The van der Waals surface area contributed by atoms with Crippen molar-refractivity contribution in [2.75, 3.05) is 6.54 Å². The Balaban J connectivity index is 1.95. The van der Waals surface area contributed by atoms with Gasteiger partial charge in [0.05, 0.1) is 0 Å². The number of pyridine rings is 1. The Hall–Kier alpha value is -2.57. The Bertz CT molecular complexity index is 754. The van der Waals surface area contributed by atoms with Gasteiger partial charge in [0, 0.05) is 6.54 Å². The smallest absolute Gasteiger partial charge is 0.352 e. The lowest BCUT2D eigenvalue weighted by atomic mass is 9.98. The number of alkyl halides is 3. The molecule has 0 radical (unpaired) electrons. The summed E-state index contributed by atoms with van der Waals surface area (Å²) in [5.41, 5.74) is -1.45. The zero-order valence-electron chi connectivity index (χ0n) is 13.0. The number of nitrogens with one attached hydrogen (secondary N) is 2. The van der Waals surface area contributed by atoms with Gasteiger partial charge in [0.1, 0.15) is 11.3 Å². The van der Waals surface area contributed by atoms with Crippen molar-refractivity contribution in [3.63, 3.8) is 0 Å². The SMILES string of the molecule is CC(CCNC(=O)c1ccc(C(F)(F)F)[nH]c1=O)c1ccccc1. The maximum atomic E-state index is 12.5. The van der Waals surface area contributed by atoms with E-state index < -0.39 is 23.3 Å². The number of amides is 1. The second kappa shape index (κ2) is 7.33. The number of benzene rings is 1. The number of carbonyl (C=O) groups excluding carboxylic acids is 1. The summed E-state index contributed by atoms with van der Waals surface area (Å²) in [6.07, 6.45) is -4.01. The fourth-order valence-electron chi connectivity index (χ4n) is 2.26. The number of carbonyl (C=O) groups is 1. The average Bonchev–Trinajstić information content (AvgIpc) is 2.54. The molecule has 0 fully saturated rings. The molecule has 0 aliphatic carbocycles. The third-order valence-corrected chi connectivity index (χ3v) is 3.69. The summed E-state index contributed by atoms with van der Waals surface area (Å²) in [5, 5.41) is 2.56. The van der Waals surface area contributed by atoms with Crippen LogP contribution in [0, 0.1) is 0 Å². The van der Waals surface area contributed by atoms with E-state index in [1.165, 1.54) is 0 Å². The molecular formula is C17H17F3N2O2. The van der Waals surface area contributed by atoms with Gasteiger partial charge in [0.25, 0.3) is 11.5 Å². The zero-order valence-corrected chi connectivity index (χ0v) is 13.0. The minimum atomic E-state index is -4.65. The maximum absolute atomic E-state index is 12.5. The highest BCUT2D eigenvalue weighted by molar-refractivity contribution is 5.93. The highest BCUT2D eigenvalue weighted by Crippen LogP contribution is 2.26. The van der Waals surface area contributed by atoms with Crippen molar-refractivity contribution in [3.8, 4) is 0 Å². The highest BCUT2D eigenvalue weighted by Gasteiger charge is 2.32. The third-order valence-electron chi connectivity index (χ3n) is 3.69. The summed E-state index contributed by atoms with van der Waals surface area (Å²) in [5.74, 6) is -0.484. The van der Waals surface area contributed by atoms with Crippen molar-refractivity contribution < 1.29 is 18.0 Å². The molecule has 128 valence electrons. The summed E-state index contributed by atoms with van der Waals surface area (Å²) in [6.45, 7) is 2.32. The van der Waals surface area contributed by atoms with E-state index in [4.69, 9.17) is 0 Å². The van der Waals surface area contributed by atoms with Crippen molar-refractivity contribution in [3.05, 3.63) is 69.6 Å². The Labute approximate surface area is 136 Å². The van der Waals surface area contributed by atoms with E-state index in [1.54, 1.807) is 4.98 Å². The molecule has 1 aromatic carbocycles. The van der Waals surface area contributed by atoms with Gasteiger partial charge in [-0.15, -0.1) is 0 Å². The Morgan fingerprint density at radius 3 is 2.42 bits per heavy atom. The summed E-state index contributed by atoms with van der Waals surface area (Å²) < 4.78 is 37.4. The zero-order chi connectivity index (χ0) is 17.7. The molecule has 1 heterocycles. The van der Waals surface area contributed by atoms with Crippen LogP contribution in [-0.4, -0.2) is 17.4 Å². The molecule has 0 saturated heterocycles. The fraction of sp³-hybridized carbons (Fsp3) is 0.294. The molecule has 0 aliphatic heterocycles. The van der Waals surface area contributed by atoms with E-state index in [0.29, 0.717) is 19.0 Å². The number of hydrogen-bond acceptors (Lipinski definition) is 2. The highest BCUT2D eigenvalue weighted by atomic mass is 19.4. The molecule has 1 aromatic heterocycles. The summed E-state index contributed by atoms with van der Waals surface area (Å²) >= 11 is 0. The van der Waals surface area contributed by atoms with E-state index in [1.807, 2.05) is 37.3 Å². The summed E-state index contributed by atoms with van der Waals surface area (Å²) in [4.78, 5) is 25.2. The molecule has 0 bridgehead atoms. The second-order valence-electron chi connectivity index (χ2n) is 5.47. The molecular weight excluding hydrogens is 321 g/mol. The first-order valence-electron chi connectivity index (χ1n) is 7.42. The lowest BCUT2D eigenvalue weighted by Gasteiger charge is -2.12. The van der Waals surface area contributed by atoms with Gasteiger partial charge < -0.3 is 10.3 Å². The molecule has 1 atom stereocenters. The van der Waals surface area contributed by atoms with Crippen LogP contribution in [0.3, 0.4) is 0 Å². The number of aromatic amines is 1. The van der Waals surface area contributed by atoms with Crippen LogP contribution in [0.2, 0.25) is 0 Å². The Morgan fingerprint density at radius 2 is 1.83 bits per heavy atom. The van der Waals surface area contributed by atoms with Crippen LogP contribution in [0.4, 0.5) is 13.2 Å². The molecule has 7 heteroatoms. The monoisotopic (exact) mass is 338 g/mol. The normalized spacial score (nSPS) is 12.7. The number of rotatable bonds is 5. The van der Waals surface area contributed by atoms with Crippen LogP contribution in [0.1, 0.15) is 40.9 Å². The largest absolute Gasteiger partial charge is 0.431 e. The lowest BCUT2D eigenvalue weighted by molar-refractivity contribution is -0.141. The van der Waals surface area contributed by atoms with Crippen LogP contribution < -0.4 is 10.9 Å². The minimum Gasteiger partial charge on any atom is -0.352 e. The first-order valence-corrected chi connectivity index (χ1v) is 7.42. The van der Waals surface area contributed by atoms with Gasteiger partial charge in [0.2, 0.25) is 0 Å². The van der Waals surface area contributed by atoms with Crippen molar-refractivity contribution in [2.45, 2.75) is 25.4 Å². The predicted octanol–water partition coefficient (Wildman–Crippen LogP) is 3.32. The molecule has 1 amide bonds. The van der Waals surface area contributed by atoms with Gasteiger partial charge in [-0.25, -0.2) is 0 Å². The first-order chi connectivity index (χ1) is 11.3. The van der Waals surface area contributed by atoms with Crippen LogP contribution >= 0.6 is 0 Å². The molecule has 2 aromatic rings. The Kier molecular flexibility index (Phi) is 5.43. The fourth-order valence-corrected chi connectivity index (χ4v) is 2.26. The van der Waals surface area contributed by atoms with Crippen molar-refractivity contribution in [1.29, 1.82) is 0 Å². The van der Waals surface area contributed by atoms with Crippen LogP contribution in [0.5, 0.6) is 0 Å². The molecule has 0 saturated carbocycles. The van der Waals surface area contributed by atoms with Crippen molar-refractivity contribution in [2.24, 2.45) is 0 Å². The number of aromatic nitrogens is 1. The standard InChI is InChI=1S/C17H17F3N2O2/c1-11(12-5-3-2-4-6-12)9-10-21-15(23)13-7-8-14(17(18,19)20)22-16(13)24/h2-8,11H,9-10H2,1H3,(H,21,23)(H,22,24). The van der Waals surface area contributed by atoms with E-state index in [0.717, 1.165) is 11.6 Å². The maximum Gasteiger partial charge on any atom is 0.431 e. The topological polar surface area (TPSA) is 62.0 Å². The van der Waals surface area contributed by atoms with Gasteiger partial charge in [-0.05, 0) is 30.0 Å². The summed E-state index contributed by atoms with van der Waals surface area (Å²) in [7, 11) is 0. The second-order valence-corrected chi connectivity index (χ2v) is 5.47. The van der Waals surface area contributed by atoms with Gasteiger partial charge in [-0.1, -0.05) is 37.3 Å². The van der Waals surface area contributed by atoms with E-state index in [2.05, 4.69) is 5.32 Å². The summed E-state index contributed by atoms with van der Waals surface area (Å²) in [6, 6.07) is 11.3. The van der Waals surface area contributed by atoms with Gasteiger partial charge in [-0.2, -0.15) is 13.2 Å². The van der Waals surface area contributed by atoms with Crippen LogP contribution in [0.15, 0.2) is 47.3 Å². The average molecular weight is 338 g/mol. The predicted molar refractivity (Wildman–Crippen MR) is 83.9 cm³/mol. The minimum absolute atomic E-state index is 0.206. The van der Waals surface area contributed by atoms with Crippen molar-refractivity contribution >= 4 is 5.91 Å². The van der Waals surface area contributed by atoms with Gasteiger partial charge >= 0.3 is 6.18 Å². The first kappa shape index (κ1) is 17.8. The number of hydrogen-bond donors (Lipinski definition) is 2. The molecule has 0 spiro atoms. The van der Waals surface area contributed by atoms with Crippen molar-refractivity contribution in [1.82, 2.24) is 10.3 Å². The van der Waals surface area contributed by atoms with Gasteiger partial charge in [0.15, 0.2) is 0 Å². The molecule has 2 rings (SSSR count). The lowest BCUT2D eigenvalue weighted by Crippen LogP contribution is -2.31.